The summed E-state index contributed by atoms with van der Waals surface area (Å²) in [5, 5.41) is 12.5. The van der Waals surface area contributed by atoms with Crippen LogP contribution in [0, 0.1) is 18.3 Å². The number of nitrogens with zero attached hydrogens (tertiary/aromatic N) is 3. The van der Waals surface area contributed by atoms with Crippen molar-refractivity contribution in [2.24, 2.45) is 0 Å². The van der Waals surface area contributed by atoms with Gasteiger partial charge in [0.2, 0.25) is 5.91 Å². The molecule has 148 valence electrons. The summed E-state index contributed by atoms with van der Waals surface area (Å²) < 4.78 is 1.46. The van der Waals surface area contributed by atoms with Crippen LogP contribution in [0.15, 0.2) is 65.7 Å². The van der Waals surface area contributed by atoms with E-state index in [1.807, 2.05) is 43.3 Å². The average molecular weight is 414 g/mol. The predicted octanol–water partition coefficient (Wildman–Crippen LogP) is 4.33. The van der Waals surface area contributed by atoms with Crippen LogP contribution in [0.3, 0.4) is 0 Å². The summed E-state index contributed by atoms with van der Waals surface area (Å²) >= 11 is 1.50. The Hall–Kier alpha value is -3.76. The fraction of sp³-hybridized carbons (Fsp3) is 0.130. The number of fused-ring (bicyclic) bond motifs is 1. The SMILES string of the molecule is Cc1c(-c2ccccc2)sc2ncn(CCC(=O)Nc3ccccc3C#N)c(=O)c12. The second-order valence-electron chi connectivity index (χ2n) is 6.80. The Kier molecular flexibility index (Phi) is 5.42. The highest BCUT2D eigenvalue weighted by Crippen LogP contribution is 2.35. The van der Waals surface area contributed by atoms with E-state index in [4.69, 9.17) is 5.26 Å². The Labute approximate surface area is 177 Å². The molecule has 2 aromatic carbocycles. The van der Waals surface area contributed by atoms with Crippen molar-refractivity contribution >= 4 is 33.1 Å². The summed E-state index contributed by atoms with van der Waals surface area (Å²) in [5.41, 5.74) is 2.67. The van der Waals surface area contributed by atoms with Gasteiger partial charge in [0.1, 0.15) is 10.9 Å². The minimum Gasteiger partial charge on any atom is -0.325 e. The van der Waals surface area contributed by atoms with Gasteiger partial charge in [-0.2, -0.15) is 5.26 Å². The number of nitrogens with one attached hydrogen (secondary N) is 1. The van der Waals surface area contributed by atoms with E-state index >= 15 is 0 Å². The molecule has 0 fully saturated rings. The van der Waals surface area contributed by atoms with Crippen LogP contribution in [-0.4, -0.2) is 15.5 Å². The summed E-state index contributed by atoms with van der Waals surface area (Å²) in [7, 11) is 0. The molecule has 1 amide bonds. The minimum atomic E-state index is -0.267. The molecule has 0 saturated heterocycles. The first-order valence-corrected chi connectivity index (χ1v) is 10.2. The number of thiophene rings is 1. The molecule has 1 N–H and O–H groups in total. The lowest BCUT2D eigenvalue weighted by Gasteiger charge is -2.08. The topological polar surface area (TPSA) is 87.8 Å². The van der Waals surface area contributed by atoms with E-state index in [0.717, 1.165) is 16.0 Å². The highest BCUT2D eigenvalue weighted by Gasteiger charge is 2.16. The molecule has 0 atom stereocenters. The number of para-hydroxylation sites is 1. The zero-order valence-electron chi connectivity index (χ0n) is 16.3. The van der Waals surface area contributed by atoms with Gasteiger partial charge in [-0.3, -0.25) is 14.2 Å². The molecule has 6 nitrogen and oxygen atoms in total. The summed E-state index contributed by atoms with van der Waals surface area (Å²) in [4.78, 5) is 31.5. The van der Waals surface area contributed by atoms with E-state index in [1.54, 1.807) is 24.3 Å². The molecule has 0 aliphatic rings. The zero-order valence-corrected chi connectivity index (χ0v) is 17.1. The number of carbonyl (C=O) groups excluding carboxylic acids is 1. The van der Waals surface area contributed by atoms with Gasteiger partial charge in [-0.1, -0.05) is 42.5 Å². The van der Waals surface area contributed by atoms with Gasteiger partial charge in [0.15, 0.2) is 0 Å². The second kappa shape index (κ2) is 8.31. The predicted molar refractivity (Wildman–Crippen MR) is 118 cm³/mol. The molecule has 0 bridgehead atoms. The van der Waals surface area contributed by atoms with Gasteiger partial charge in [-0.25, -0.2) is 4.98 Å². The molecule has 0 saturated carbocycles. The van der Waals surface area contributed by atoms with Crippen molar-refractivity contribution in [2.45, 2.75) is 19.9 Å². The van der Waals surface area contributed by atoms with Crippen LogP contribution in [0.25, 0.3) is 20.7 Å². The first kappa shape index (κ1) is 19.6. The molecule has 0 spiro atoms. The molecule has 2 heterocycles. The van der Waals surface area contributed by atoms with Crippen LogP contribution in [0.4, 0.5) is 5.69 Å². The maximum absolute atomic E-state index is 13.0. The Bertz CT molecular complexity index is 1330. The Morgan fingerprint density at radius 2 is 1.90 bits per heavy atom. The molecule has 0 unspecified atom stereocenters. The fourth-order valence-corrected chi connectivity index (χ4v) is 4.45. The summed E-state index contributed by atoms with van der Waals surface area (Å²) in [6, 6.07) is 18.8. The van der Waals surface area contributed by atoms with Gasteiger partial charge in [-0.15, -0.1) is 11.3 Å². The minimum absolute atomic E-state index is 0.0988. The first-order valence-electron chi connectivity index (χ1n) is 9.41. The Morgan fingerprint density at radius 1 is 1.17 bits per heavy atom. The molecule has 2 aromatic heterocycles. The number of aryl methyl sites for hydroxylation is 2. The van der Waals surface area contributed by atoms with E-state index < -0.39 is 0 Å². The summed E-state index contributed by atoms with van der Waals surface area (Å²) in [6.07, 6.45) is 1.59. The van der Waals surface area contributed by atoms with Crippen LogP contribution < -0.4 is 10.9 Å². The van der Waals surface area contributed by atoms with Crippen molar-refractivity contribution in [3.63, 3.8) is 0 Å². The van der Waals surface area contributed by atoms with Crippen molar-refractivity contribution in [1.29, 1.82) is 5.26 Å². The number of nitriles is 1. The number of aromatic nitrogens is 2. The quantitative estimate of drug-likeness (QED) is 0.526. The molecule has 7 heteroatoms. The highest BCUT2D eigenvalue weighted by atomic mass is 32.1. The standard InChI is InChI=1S/C23H18N4O2S/c1-15-20-22(30-21(15)16-7-3-2-4-8-16)25-14-27(23(20)29)12-11-19(28)26-18-10-6-5-9-17(18)13-24/h2-10,14H,11-12H2,1H3,(H,26,28). The zero-order chi connectivity index (χ0) is 21.1. The van der Waals surface area contributed by atoms with Crippen molar-refractivity contribution in [2.75, 3.05) is 5.32 Å². The third-order valence-corrected chi connectivity index (χ3v) is 6.10. The molecule has 0 radical (unpaired) electrons. The molecule has 4 aromatic rings. The number of hydrogen-bond donors (Lipinski definition) is 1. The first-order chi connectivity index (χ1) is 14.6. The van der Waals surface area contributed by atoms with E-state index in [1.165, 1.54) is 22.2 Å². The normalized spacial score (nSPS) is 10.7. The monoisotopic (exact) mass is 414 g/mol. The maximum Gasteiger partial charge on any atom is 0.262 e. The van der Waals surface area contributed by atoms with Gasteiger partial charge >= 0.3 is 0 Å². The largest absolute Gasteiger partial charge is 0.325 e. The molecular weight excluding hydrogens is 396 g/mol. The van der Waals surface area contributed by atoms with Crippen LogP contribution in [-0.2, 0) is 11.3 Å². The third kappa shape index (κ3) is 3.73. The number of benzene rings is 2. The van der Waals surface area contributed by atoms with Crippen LogP contribution in [0.2, 0.25) is 0 Å². The fourth-order valence-electron chi connectivity index (χ4n) is 3.31. The average Bonchev–Trinajstić information content (AvgIpc) is 3.11. The van der Waals surface area contributed by atoms with Crippen LogP contribution >= 0.6 is 11.3 Å². The summed E-state index contributed by atoms with van der Waals surface area (Å²) in [5.74, 6) is -0.267. The van der Waals surface area contributed by atoms with Gasteiger partial charge in [-0.05, 0) is 30.2 Å². The Balaban J connectivity index is 1.56. The Morgan fingerprint density at radius 3 is 2.67 bits per heavy atom. The van der Waals surface area contributed by atoms with Crippen LogP contribution in [0.5, 0.6) is 0 Å². The van der Waals surface area contributed by atoms with E-state index in [-0.39, 0.29) is 24.4 Å². The van der Waals surface area contributed by atoms with Crippen molar-refractivity contribution < 1.29 is 4.79 Å². The van der Waals surface area contributed by atoms with Crippen LogP contribution in [0.1, 0.15) is 17.5 Å². The molecule has 30 heavy (non-hydrogen) atoms. The number of carbonyl (C=O) groups is 1. The number of anilines is 1. The van der Waals surface area contributed by atoms with E-state index in [9.17, 15) is 9.59 Å². The van der Waals surface area contributed by atoms with Gasteiger partial charge in [0, 0.05) is 17.8 Å². The summed E-state index contributed by atoms with van der Waals surface area (Å²) in [6.45, 7) is 2.14. The van der Waals surface area contributed by atoms with Crippen molar-refractivity contribution in [3.8, 4) is 16.5 Å². The second-order valence-corrected chi connectivity index (χ2v) is 7.80. The lowest BCUT2D eigenvalue weighted by molar-refractivity contribution is -0.116. The smallest absolute Gasteiger partial charge is 0.262 e. The van der Waals surface area contributed by atoms with E-state index in [2.05, 4.69) is 10.3 Å². The number of rotatable bonds is 5. The molecule has 4 rings (SSSR count). The van der Waals surface area contributed by atoms with E-state index in [0.29, 0.717) is 21.5 Å². The third-order valence-electron chi connectivity index (χ3n) is 4.85. The van der Waals surface area contributed by atoms with Crippen molar-refractivity contribution in [1.82, 2.24) is 9.55 Å². The highest BCUT2D eigenvalue weighted by molar-refractivity contribution is 7.22. The lowest BCUT2D eigenvalue weighted by Crippen LogP contribution is -2.23. The molecule has 0 aliphatic carbocycles. The molecular formula is C23H18N4O2S. The number of amides is 1. The van der Waals surface area contributed by atoms with Gasteiger partial charge in [0.25, 0.3) is 5.56 Å². The van der Waals surface area contributed by atoms with Crippen molar-refractivity contribution in [3.05, 3.63) is 82.4 Å². The lowest BCUT2D eigenvalue weighted by atomic mass is 10.1. The molecule has 0 aliphatic heterocycles. The maximum atomic E-state index is 13.0. The van der Waals surface area contributed by atoms with Gasteiger partial charge in [0.05, 0.1) is 23.0 Å². The number of hydrogen-bond acceptors (Lipinski definition) is 5. The van der Waals surface area contributed by atoms with Gasteiger partial charge < -0.3 is 5.32 Å².